The molecule has 0 radical (unpaired) electrons. The third-order valence-corrected chi connectivity index (χ3v) is 4.78. The van der Waals surface area contributed by atoms with E-state index in [1.54, 1.807) is 0 Å². The minimum atomic E-state index is 0.519. The minimum absolute atomic E-state index is 0.519. The topological polar surface area (TPSA) is 9.23 Å². The fourth-order valence-corrected chi connectivity index (χ4v) is 3.97. The number of fused-ring (bicyclic) bond motifs is 4. The zero-order valence-electron chi connectivity index (χ0n) is 9.06. The van der Waals surface area contributed by atoms with Crippen molar-refractivity contribution in [3.63, 3.8) is 0 Å². The summed E-state index contributed by atoms with van der Waals surface area (Å²) in [5, 5.41) is 0. The Hall–Kier alpha value is -0.720. The highest BCUT2D eigenvalue weighted by Gasteiger charge is 2.40. The Kier molecular flexibility index (Phi) is 1.63. The van der Waals surface area contributed by atoms with E-state index in [1.165, 1.54) is 37.9 Å². The number of hydrogen-bond donors (Lipinski definition) is 0. The molecule has 4 aliphatic rings. The molecular formula is C14H18O. The Balaban J connectivity index is 1.49. The van der Waals surface area contributed by atoms with Gasteiger partial charge in [0, 0.05) is 11.8 Å². The number of allylic oxidation sites excluding steroid dienone is 3. The highest BCUT2D eigenvalue weighted by atomic mass is 16.5. The predicted octanol–water partition coefficient (Wildman–Crippen LogP) is 3.28. The van der Waals surface area contributed by atoms with Crippen LogP contribution in [-0.2, 0) is 4.74 Å². The van der Waals surface area contributed by atoms with Crippen LogP contribution in [0.2, 0.25) is 0 Å². The summed E-state index contributed by atoms with van der Waals surface area (Å²) < 4.78 is 6.25. The van der Waals surface area contributed by atoms with E-state index in [0.717, 1.165) is 23.7 Å². The van der Waals surface area contributed by atoms with E-state index in [4.69, 9.17) is 4.74 Å². The lowest BCUT2D eigenvalue weighted by atomic mass is 10.0. The molecule has 1 heteroatoms. The average Bonchev–Trinajstić information content (AvgIpc) is 2.96. The van der Waals surface area contributed by atoms with Crippen molar-refractivity contribution in [2.24, 2.45) is 23.7 Å². The molecule has 2 saturated carbocycles. The molecule has 4 aliphatic carbocycles. The quantitative estimate of drug-likeness (QED) is 0.624. The molecule has 0 spiro atoms. The third kappa shape index (κ3) is 1.22. The summed E-state index contributed by atoms with van der Waals surface area (Å²) in [7, 11) is 0. The van der Waals surface area contributed by atoms with Crippen LogP contribution in [0.3, 0.4) is 0 Å². The van der Waals surface area contributed by atoms with Gasteiger partial charge in [-0.25, -0.2) is 0 Å². The van der Waals surface area contributed by atoms with Crippen molar-refractivity contribution in [3.8, 4) is 0 Å². The van der Waals surface area contributed by atoms with E-state index < -0.39 is 0 Å². The first-order valence-electron chi connectivity index (χ1n) is 6.45. The zero-order chi connectivity index (χ0) is 9.83. The molecule has 0 aromatic heterocycles. The van der Waals surface area contributed by atoms with Gasteiger partial charge in [0.2, 0.25) is 0 Å². The number of ether oxygens (including phenoxy) is 1. The van der Waals surface area contributed by atoms with Crippen LogP contribution < -0.4 is 0 Å². The van der Waals surface area contributed by atoms with Gasteiger partial charge in [0.05, 0.1) is 5.76 Å². The molecule has 0 aliphatic heterocycles. The monoisotopic (exact) mass is 202 g/mol. The molecule has 2 fully saturated rings. The van der Waals surface area contributed by atoms with Gasteiger partial charge in [0.15, 0.2) is 0 Å². The van der Waals surface area contributed by atoms with Crippen molar-refractivity contribution in [1.29, 1.82) is 0 Å². The zero-order valence-corrected chi connectivity index (χ0v) is 9.06. The third-order valence-electron chi connectivity index (χ3n) is 4.78. The minimum Gasteiger partial charge on any atom is -0.494 e. The molecule has 80 valence electrons. The van der Waals surface area contributed by atoms with Gasteiger partial charge in [-0.1, -0.05) is 12.2 Å². The van der Waals surface area contributed by atoms with Gasteiger partial charge in [-0.2, -0.15) is 0 Å². The lowest BCUT2D eigenvalue weighted by Gasteiger charge is -2.24. The summed E-state index contributed by atoms with van der Waals surface area (Å²) >= 11 is 0. The van der Waals surface area contributed by atoms with Gasteiger partial charge in [-0.15, -0.1) is 0 Å². The fourth-order valence-electron chi connectivity index (χ4n) is 3.97. The Morgan fingerprint density at radius 3 is 2.60 bits per heavy atom. The van der Waals surface area contributed by atoms with E-state index >= 15 is 0 Å². The predicted molar refractivity (Wildman–Crippen MR) is 59.1 cm³/mol. The average molecular weight is 202 g/mol. The van der Waals surface area contributed by atoms with Gasteiger partial charge in [0.25, 0.3) is 0 Å². The second kappa shape index (κ2) is 2.90. The summed E-state index contributed by atoms with van der Waals surface area (Å²) in [6, 6.07) is 0. The second-order valence-corrected chi connectivity index (χ2v) is 5.78. The molecule has 0 aromatic carbocycles. The molecule has 4 bridgehead atoms. The summed E-state index contributed by atoms with van der Waals surface area (Å²) in [6.45, 7) is 0. The van der Waals surface area contributed by atoms with Crippen molar-refractivity contribution in [2.45, 2.75) is 38.2 Å². The van der Waals surface area contributed by atoms with Crippen LogP contribution in [0.5, 0.6) is 0 Å². The standard InChI is InChI=1S/C14H18O/c1-3-11-5-9(1)7-13(11)15-14-8-10-2-4-12(14)6-10/h1,3,8-13H,2,4-7H2. The number of rotatable bonds is 2. The largest absolute Gasteiger partial charge is 0.494 e. The molecule has 0 heterocycles. The molecule has 0 saturated heterocycles. The molecule has 5 unspecified atom stereocenters. The van der Waals surface area contributed by atoms with Crippen LogP contribution in [0.15, 0.2) is 24.0 Å². The molecule has 0 aromatic rings. The maximum absolute atomic E-state index is 6.25. The molecule has 15 heavy (non-hydrogen) atoms. The Morgan fingerprint density at radius 2 is 2.00 bits per heavy atom. The molecule has 0 N–H and O–H groups in total. The summed E-state index contributed by atoms with van der Waals surface area (Å²) in [6.07, 6.45) is 14.5. The Bertz CT molecular complexity index is 341. The molecule has 0 amide bonds. The number of hydrogen-bond acceptors (Lipinski definition) is 1. The van der Waals surface area contributed by atoms with Gasteiger partial charge >= 0.3 is 0 Å². The van der Waals surface area contributed by atoms with Crippen LogP contribution in [0.25, 0.3) is 0 Å². The lowest BCUT2D eigenvalue weighted by Crippen LogP contribution is -2.19. The van der Waals surface area contributed by atoms with Crippen LogP contribution in [0, 0.1) is 23.7 Å². The normalized spacial score (nSPS) is 50.1. The molecule has 5 atom stereocenters. The molecule has 4 rings (SSSR count). The van der Waals surface area contributed by atoms with Gasteiger partial charge in [-0.3, -0.25) is 0 Å². The van der Waals surface area contributed by atoms with Crippen molar-refractivity contribution in [1.82, 2.24) is 0 Å². The van der Waals surface area contributed by atoms with Gasteiger partial charge in [-0.05, 0) is 50.0 Å². The highest BCUT2D eigenvalue weighted by molar-refractivity contribution is 5.17. The molecule has 1 nitrogen and oxygen atoms in total. The first kappa shape index (κ1) is 8.43. The van der Waals surface area contributed by atoms with E-state index in [2.05, 4.69) is 18.2 Å². The van der Waals surface area contributed by atoms with E-state index in [1.807, 2.05) is 0 Å². The van der Waals surface area contributed by atoms with Crippen molar-refractivity contribution >= 4 is 0 Å². The smallest absolute Gasteiger partial charge is 0.105 e. The Labute approximate surface area is 91.2 Å². The molecular weight excluding hydrogens is 184 g/mol. The lowest BCUT2D eigenvalue weighted by molar-refractivity contribution is 0.0763. The van der Waals surface area contributed by atoms with Crippen LogP contribution in [0.1, 0.15) is 32.1 Å². The van der Waals surface area contributed by atoms with Gasteiger partial charge in [0.1, 0.15) is 6.10 Å². The summed E-state index contributed by atoms with van der Waals surface area (Å²) in [5.74, 6) is 4.57. The summed E-state index contributed by atoms with van der Waals surface area (Å²) in [4.78, 5) is 0. The van der Waals surface area contributed by atoms with Crippen LogP contribution in [-0.4, -0.2) is 6.10 Å². The first-order valence-corrected chi connectivity index (χ1v) is 6.45. The first-order chi connectivity index (χ1) is 7.38. The van der Waals surface area contributed by atoms with Gasteiger partial charge < -0.3 is 4.74 Å². The van der Waals surface area contributed by atoms with Crippen molar-refractivity contribution in [3.05, 3.63) is 24.0 Å². The fraction of sp³-hybridized carbons (Fsp3) is 0.714. The maximum Gasteiger partial charge on any atom is 0.105 e. The van der Waals surface area contributed by atoms with Crippen LogP contribution >= 0.6 is 0 Å². The Morgan fingerprint density at radius 1 is 1.00 bits per heavy atom. The van der Waals surface area contributed by atoms with E-state index in [0.29, 0.717) is 6.10 Å². The summed E-state index contributed by atoms with van der Waals surface area (Å²) in [5.41, 5.74) is 0. The maximum atomic E-state index is 6.25. The SMILES string of the molecule is C1=CC2CC1CC2OC1=CC2CCC1C2. The van der Waals surface area contributed by atoms with Crippen LogP contribution in [0.4, 0.5) is 0 Å². The van der Waals surface area contributed by atoms with E-state index in [9.17, 15) is 0 Å². The van der Waals surface area contributed by atoms with Crippen molar-refractivity contribution < 1.29 is 4.74 Å². The van der Waals surface area contributed by atoms with Crippen molar-refractivity contribution in [2.75, 3.05) is 0 Å². The highest BCUT2D eigenvalue weighted by Crippen LogP contribution is 2.47. The van der Waals surface area contributed by atoms with E-state index in [-0.39, 0.29) is 0 Å². The second-order valence-electron chi connectivity index (χ2n) is 5.78.